The van der Waals surface area contributed by atoms with Crippen LogP contribution in [0.15, 0.2) is 42.0 Å². The van der Waals surface area contributed by atoms with Crippen molar-refractivity contribution in [2.75, 3.05) is 13.2 Å². The van der Waals surface area contributed by atoms with E-state index in [-0.39, 0.29) is 17.5 Å². The van der Waals surface area contributed by atoms with Crippen LogP contribution in [0.25, 0.3) is 0 Å². The number of aryl methyl sites for hydroxylation is 1. The highest BCUT2D eigenvalue weighted by Gasteiger charge is 2.53. The zero-order chi connectivity index (χ0) is 18.0. The molecule has 0 unspecified atom stereocenters. The van der Waals surface area contributed by atoms with Gasteiger partial charge in [0.05, 0.1) is 19.3 Å². The molecular weight excluding hydrogens is 312 g/mol. The van der Waals surface area contributed by atoms with Crippen molar-refractivity contribution in [1.82, 2.24) is 0 Å². The van der Waals surface area contributed by atoms with Crippen molar-refractivity contribution in [3.05, 3.63) is 47.5 Å². The molecule has 3 nitrogen and oxygen atoms in total. The van der Waals surface area contributed by atoms with Crippen LogP contribution in [-0.4, -0.2) is 25.3 Å². The molecule has 0 saturated carbocycles. The van der Waals surface area contributed by atoms with E-state index in [0.29, 0.717) is 31.0 Å². The highest BCUT2D eigenvalue weighted by atomic mass is 16.5. The molecular formula is C22H30O3. The number of ether oxygens (including phenoxy) is 2. The van der Waals surface area contributed by atoms with Gasteiger partial charge in [-0.25, -0.2) is 0 Å². The van der Waals surface area contributed by atoms with Crippen LogP contribution in [0.3, 0.4) is 0 Å². The Bertz CT molecular complexity index is 636. The van der Waals surface area contributed by atoms with Crippen LogP contribution in [0, 0.1) is 23.2 Å². The van der Waals surface area contributed by atoms with Gasteiger partial charge in [0.2, 0.25) is 0 Å². The normalized spacial score (nSPS) is 34.3. The average Bonchev–Trinajstić information content (AvgIpc) is 2.58. The molecule has 0 spiro atoms. The highest BCUT2D eigenvalue weighted by molar-refractivity contribution is 5.65. The van der Waals surface area contributed by atoms with E-state index in [1.165, 1.54) is 18.1 Å². The minimum atomic E-state index is -0.206. The maximum atomic E-state index is 11.4. The first-order chi connectivity index (χ1) is 11.9. The van der Waals surface area contributed by atoms with E-state index in [1.54, 1.807) is 0 Å². The lowest BCUT2D eigenvalue weighted by Crippen LogP contribution is -2.56. The molecule has 1 saturated heterocycles. The number of benzene rings is 1. The fraction of sp³-hybridized carbons (Fsp3) is 0.591. The topological polar surface area (TPSA) is 35.5 Å². The van der Waals surface area contributed by atoms with Crippen molar-refractivity contribution in [3.8, 4) is 0 Å². The first-order valence-electron chi connectivity index (χ1n) is 9.41. The molecule has 2 bridgehead atoms. The van der Waals surface area contributed by atoms with Gasteiger partial charge in [0.15, 0.2) is 0 Å². The molecule has 2 aliphatic rings. The van der Waals surface area contributed by atoms with Crippen molar-refractivity contribution >= 4 is 5.97 Å². The largest absolute Gasteiger partial charge is 0.465 e. The Hall–Kier alpha value is -1.61. The van der Waals surface area contributed by atoms with E-state index >= 15 is 0 Å². The Labute approximate surface area is 151 Å². The molecule has 1 aromatic rings. The molecule has 1 aliphatic heterocycles. The summed E-state index contributed by atoms with van der Waals surface area (Å²) in [5.41, 5.74) is 2.69. The summed E-state index contributed by atoms with van der Waals surface area (Å²) in [6.45, 7) is 9.39. The summed E-state index contributed by atoms with van der Waals surface area (Å²) in [6.07, 6.45) is 4.69. The van der Waals surface area contributed by atoms with Gasteiger partial charge in [0, 0.05) is 18.3 Å². The Morgan fingerprint density at radius 2 is 2.00 bits per heavy atom. The lowest BCUT2D eigenvalue weighted by atomic mass is 9.56. The molecule has 1 aromatic carbocycles. The van der Waals surface area contributed by atoms with Crippen molar-refractivity contribution in [1.29, 1.82) is 0 Å². The van der Waals surface area contributed by atoms with Gasteiger partial charge in [0.1, 0.15) is 0 Å². The Balaban J connectivity index is 1.76. The van der Waals surface area contributed by atoms with Gasteiger partial charge >= 0.3 is 5.97 Å². The number of hydrogen-bond donors (Lipinski definition) is 0. The number of hydrogen-bond acceptors (Lipinski definition) is 3. The van der Waals surface area contributed by atoms with Crippen LogP contribution in [0.2, 0.25) is 0 Å². The van der Waals surface area contributed by atoms with Gasteiger partial charge in [-0.3, -0.25) is 4.79 Å². The molecule has 1 fully saturated rings. The predicted molar refractivity (Wildman–Crippen MR) is 99.1 cm³/mol. The summed E-state index contributed by atoms with van der Waals surface area (Å²) in [5.74, 6) is 1.00. The average molecular weight is 342 g/mol. The summed E-state index contributed by atoms with van der Waals surface area (Å²) in [7, 11) is 0. The fourth-order valence-electron chi connectivity index (χ4n) is 4.84. The molecule has 0 aromatic heterocycles. The van der Waals surface area contributed by atoms with Crippen LogP contribution >= 0.6 is 0 Å². The van der Waals surface area contributed by atoms with Crippen LogP contribution in [-0.2, 0) is 20.7 Å². The molecule has 3 rings (SSSR count). The van der Waals surface area contributed by atoms with E-state index in [4.69, 9.17) is 9.47 Å². The quantitative estimate of drug-likeness (QED) is 0.587. The van der Waals surface area contributed by atoms with Gasteiger partial charge in [-0.15, -0.1) is 0 Å². The second-order valence-corrected chi connectivity index (χ2v) is 7.90. The SMILES string of the molecule is CC(=O)OC[C@]12CO[C@H](CCc3ccccc3)[C@H](C(C)=C[C@@H]1C)[C@H]2C. The second-order valence-electron chi connectivity index (χ2n) is 7.90. The number of carbonyl (C=O) groups excluding carboxylic acids is 1. The second kappa shape index (κ2) is 7.33. The van der Waals surface area contributed by atoms with Crippen molar-refractivity contribution in [2.45, 2.75) is 46.6 Å². The molecule has 0 N–H and O–H groups in total. The van der Waals surface area contributed by atoms with Crippen molar-refractivity contribution in [2.24, 2.45) is 23.2 Å². The first-order valence-corrected chi connectivity index (χ1v) is 9.41. The maximum absolute atomic E-state index is 11.4. The molecule has 3 heteroatoms. The van der Waals surface area contributed by atoms with Crippen molar-refractivity contribution < 1.29 is 14.3 Å². The third kappa shape index (κ3) is 3.52. The highest BCUT2D eigenvalue weighted by Crippen LogP contribution is 2.53. The summed E-state index contributed by atoms with van der Waals surface area (Å²) in [6, 6.07) is 10.6. The Morgan fingerprint density at radius 1 is 1.28 bits per heavy atom. The van der Waals surface area contributed by atoms with E-state index in [9.17, 15) is 4.79 Å². The zero-order valence-corrected chi connectivity index (χ0v) is 15.8. The lowest BCUT2D eigenvalue weighted by molar-refractivity contribution is -0.179. The smallest absolute Gasteiger partial charge is 0.302 e. The lowest BCUT2D eigenvalue weighted by Gasteiger charge is -2.55. The van der Waals surface area contributed by atoms with Gasteiger partial charge in [-0.05, 0) is 37.2 Å². The molecule has 1 aliphatic carbocycles. The Morgan fingerprint density at radius 3 is 2.68 bits per heavy atom. The summed E-state index contributed by atoms with van der Waals surface area (Å²) in [5, 5.41) is 0. The predicted octanol–water partition coefficient (Wildman–Crippen LogP) is 4.42. The van der Waals surface area contributed by atoms with E-state index < -0.39 is 0 Å². The minimum Gasteiger partial charge on any atom is -0.465 e. The van der Waals surface area contributed by atoms with E-state index in [2.05, 4.69) is 57.2 Å². The van der Waals surface area contributed by atoms with Gasteiger partial charge < -0.3 is 9.47 Å². The van der Waals surface area contributed by atoms with Gasteiger partial charge in [-0.1, -0.05) is 55.8 Å². The number of esters is 1. The van der Waals surface area contributed by atoms with Crippen LogP contribution < -0.4 is 0 Å². The van der Waals surface area contributed by atoms with Gasteiger partial charge in [0.25, 0.3) is 0 Å². The van der Waals surface area contributed by atoms with Crippen molar-refractivity contribution in [3.63, 3.8) is 0 Å². The molecule has 5 atom stereocenters. The standard InChI is InChI=1S/C22H30O3/c1-15-12-16(2)22(13-24-18(4)23)14-25-20(21(15)17(22)3)11-10-19-8-6-5-7-9-19/h5-9,12,16-17,20-21H,10-11,13-14H2,1-4H3/t16-,17+,20+,21+,22-/m0/s1. The molecule has 25 heavy (non-hydrogen) atoms. The third-order valence-electron chi connectivity index (χ3n) is 6.46. The number of rotatable bonds is 5. The molecule has 136 valence electrons. The first kappa shape index (κ1) is 18.2. The fourth-order valence-corrected chi connectivity index (χ4v) is 4.84. The van der Waals surface area contributed by atoms with Crippen LogP contribution in [0.4, 0.5) is 0 Å². The molecule has 0 radical (unpaired) electrons. The summed E-state index contributed by atoms with van der Waals surface area (Å²) < 4.78 is 11.8. The Kier molecular flexibility index (Phi) is 5.33. The maximum Gasteiger partial charge on any atom is 0.302 e. The summed E-state index contributed by atoms with van der Waals surface area (Å²) in [4.78, 5) is 11.4. The third-order valence-corrected chi connectivity index (χ3v) is 6.46. The zero-order valence-electron chi connectivity index (χ0n) is 15.8. The van der Waals surface area contributed by atoms with E-state index in [1.807, 2.05) is 0 Å². The number of carbonyl (C=O) groups is 1. The number of fused-ring (bicyclic) bond motifs is 2. The minimum absolute atomic E-state index is 0.0981. The van der Waals surface area contributed by atoms with E-state index in [0.717, 1.165) is 12.8 Å². The van der Waals surface area contributed by atoms with Crippen LogP contribution in [0.1, 0.15) is 39.7 Å². The molecule has 1 heterocycles. The molecule has 0 amide bonds. The monoisotopic (exact) mass is 342 g/mol. The summed E-state index contributed by atoms with van der Waals surface area (Å²) >= 11 is 0. The van der Waals surface area contributed by atoms with Crippen LogP contribution in [0.5, 0.6) is 0 Å². The van der Waals surface area contributed by atoms with Gasteiger partial charge in [-0.2, -0.15) is 0 Å². The number of allylic oxidation sites excluding steroid dienone is 1.